The van der Waals surface area contributed by atoms with Crippen LogP contribution in [0.5, 0.6) is 0 Å². The molecule has 0 heterocycles. The van der Waals surface area contributed by atoms with E-state index in [4.69, 9.17) is 24.8 Å². The highest BCUT2D eigenvalue weighted by atomic mass is 35.6. The zero-order valence-electron chi connectivity index (χ0n) is 5.31. The average molecular weight is 206 g/mol. The van der Waals surface area contributed by atoms with Gasteiger partial charge in [-0.3, -0.25) is 4.79 Å². The van der Waals surface area contributed by atoms with Gasteiger partial charge in [-0.1, -0.05) is 0 Å². The summed E-state index contributed by atoms with van der Waals surface area (Å²) in [5.74, 6) is -0.815. The van der Waals surface area contributed by atoms with Crippen molar-refractivity contribution < 1.29 is 34.7 Å². The molecule has 0 aliphatic rings. The Morgan fingerprint density at radius 2 is 2.00 bits per heavy atom. The van der Waals surface area contributed by atoms with Crippen molar-refractivity contribution in [2.45, 2.75) is 6.04 Å². The lowest BCUT2D eigenvalue weighted by Gasteiger charge is -1.96. The fourth-order valence-electron chi connectivity index (χ4n) is 0.0781. The predicted molar refractivity (Wildman–Crippen MR) is 31.7 cm³/mol. The maximum Gasteiger partial charge on any atom is 0.321 e. The first-order valence-electron chi connectivity index (χ1n) is 2.25. The average Bonchev–Trinajstić information content (AvgIpc) is 1.85. The highest BCUT2D eigenvalue weighted by Crippen LogP contribution is 1.80. The molecule has 0 rings (SSSR count). The second kappa shape index (κ2) is 8.05. The minimum absolute atomic E-state index is 0.190. The molecule has 0 unspecified atom stereocenters. The zero-order valence-corrected chi connectivity index (χ0v) is 6.96. The van der Waals surface area contributed by atoms with E-state index in [2.05, 4.69) is 12.6 Å². The lowest BCUT2D eigenvalue weighted by Crippen LogP contribution is -2.31. The highest BCUT2D eigenvalue weighted by Gasteiger charge is 2.06. The first kappa shape index (κ1) is 13.5. The summed E-state index contributed by atoms with van der Waals surface area (Å²) in [6.45, 7) is 0. The molecule has 8 heteroatoms. The topological polar surface area (TPSA) is 130 Å². The monoisotopic (exact) mass is 205 g/mol. The standard InChI is InChI=1S/C3H7NO2S.ClHO3/c4-2(1-7)3(5)6;2-1(3)4/h2,7H,1,4H2,(H,5,6);2H/t2-;/m0./s1. The van der Waals surface area contributed by atoms with Crippen molar-refractivity contribution in [3.63, 3.8) is 0 Å². The van der Waals surface area contributed by atoms with Crippen LogP contribution in [-0.4, -0.2) is 27.5 Å². The van der Waals surface area contributed by atoms with Gasteiger partial charge >= 0.3 is 5.97 Å². The van der Waals surface area contributed by atoms with E-state index in [9.17, 15) is 4.79 Å². The predicted octanol–water partition coefficient (Wildman–Crippen LogP) is -3.61. The van der Waals surface area contributed by atoms with Gasteiger partial charge in [0.1, 0.15) is 6.04 Å². The van der Waals surface area contributed by atoms with Crippen LogP contribution in [0.3, 0.4) is 0 Å². The Labute approximate surface area is 71.4 Å². The van der Waals surface area contributed by atoms with E-state index < -0.39 is 22.8 Å². The van der Waals surface area contributed by atoms with Gasteiger partial charge in [-0.05, 0) is 0 Å². The van der Waals surface area contributed by atoms with Crippen molar-refractivity contribution in [1.82, 2.24) is 0 Å². The zero-order chi connectivity index (χ0) is 9.44. The summed E-state index contributed by atoms with van der Waals surface area (Å²) >= 11 is 3.65. The van der Waals surface area contributed by atoms with Crippen molar-refractivity contribution >= 4 is 18.6 Å². The second-order valence-electron chi connectivity index (χ2n) is 1.33. The largest absolute Gasteiger partial charge is 0.480 e. The first-order valence-corrected chi connectivity index (χ1v) is 3.84. The quantitative estimate of drug-likeness (QED) is 0.345. The number of carbonyl (C=O) groups is 1. The lowest BCUT2D eigenvalue weighted by atomic mass is 10.4. The summed E-state index contributed by atoms with van der Waals surface area (Å²) in [5.41, 5.74) is 4.94. The number of aliphatic carboxylic acids is 1. The Morgan fingerprint density at radius 3 is 2.00 bits per heavy atom. The van der Waals surface area contributed by atoms with Crippen LogP contribution in [-0.2, 0) is 4.79 Å². The number of hydrogen-bond donors (Lipinski definition) is 4. The molecule has 0 aromatic rings. The molecule has 11 heavy (non-hydrogen) atoms. The molecule has 0 saturated heterocycles. The summed E-state index contributed by atoms with van der Waals surface area (Å²) in [7, 11) is -2.60. The van der Waals surface area contributed by atoms with Crippen molar-refractivity contribution in [2.75, 3.05) is 5.75 Å². The van der Waals surface area contributed by atoms with Gasteiger partial charge in [0.05, 0.1) is 0 Å². The molecule has 0 aliphatic carbocycles. The van der Waals surface area contributed by atoms with Crippen LogP contribution in [0.15, 0.2) is 0 Å². The van der Waals surface area contributed by atoms with Crippen molar-refractivity contribution in [3.05, 3.63) is 0 Å². The summed E-state index contributed by atoms with van der Waals surface area (Å²) in [4.78, 5) is 9.76. The van der Waals surface area contributed by atoms with Gasteiger partial charge in [0.25, 0.3) is 10.8 Å². The molecular weight excluding hydrogens is 198 g/mol. The van der Waals surface area contributed by atoms with Crippen molar-refractivity contribution in [1.29, 1.82) is 0 Å². The minimum atomic E-state index is -2.60. The molecular formula is C3H8ClNO5S. The Bertz CT molecular complexity index is 109. The molecule has 0 saturated carbocycles. The van der Waals surface area contributed by atoms with Gasteiger partial charge in [0.15, 0.2) is 0 Å². The molecule has 0 radical (unpaired) electrons. The number of rotatable bonds is 2. The summed E-state index contributed by atoms with van der Waals surface area (Å²) in [5, 5.41) is 8.01. The van der Waals surface area contributed by atoms with Crippen molar-refractivity contribution in [3.8, 4) is 0 Å². The summed E-state index contributed by atoms with van der Waals surface area (Å²) in [6, 6.07) is -0.816. The number of hydrogen-bond acceptors (Lipinski definition) is 6. The maximum absolute atomic E-state index is 9.76. The molecule has 0 aliphatic heterocycles. The molecule has 0 aromatic carbocycles. The van der Waals surface area contributed by atoms with Gasteiger partial charge in [-0.15, -0.1) is 0 Å². The Balaban J connectivity index is 0. The number of halogens is 1. The van der Waals surface area contributed by atoms with E-state index in [-0.39, 0.29) is 5.75 Å². The SMILES string of the molecule is N[C@@H](CS)C(=O)O.[O-][Cl+2]([O-])O. The molecule has 0 fully saturated rings. The minimum Gasteiger partial charge on any atom is -0.480 e. The number of nitrogens with two attached hydrogens (primary N) is 1. The van der Waals surface area contributed by atoms with Crippen LogP contribution in [0.4, 0.5) is 0 Å². The summed E-state index contributed by atoms with van der Waals surface area (Å²) in [6.07, 6.45) is 0. The molecule has 0 bridgehead atoms. The van der Waals surface area contributed by atoms with E-state index in [1.165, 1.54) is 0 Å². The molecule has 0 aromatic heterocycles. The van der Waals surface area contributed by atoms with E-state index >= 15 is 0 Å². The summed E-state index contributed by atoms with van der Waals surface area (Å²) < 4.78 is 24.0. The molecule has 6 nitrogen and oxygen atoms in total. The van der Waals surface area contributed by atoms with Crippen LogP contribution in [0, 0.1) is 10.8 Å². The van der Waals surface area contributed by atoms with Crippen LogP contribution >= 0.6 is 12.6 Å². The van der Waals surface area contributed by atoms with Gasteiger partial charge in [-0.25, -0.2) is 0 Å². The highest BCUT2D eigenvalue weighted by molar-refractivity contribution is 7.80. The number of carboxylic acid groups (broad SMARTS) is 1. The third-order valence-corrected chi connectivity index (χ3v) is 0.907. The first-order chi connectivity index (χ1) is 4.91. The van der Waals surface area contributed by atoms with Gasteiger partial charge < -0.3 is 20.2 Å². The van der Waals surface area contributed by atoms with Crippen LogP contribution in [0.2, 0.25) is 0 Å². The number of carboxylic acids is 1. The fraction of sp³-hybridized carbons (Fsp3) is 0.667. The van der Waals surface area contributed by atoms with E-state index in [0.717, 1.165) is 0 Å². The maximum atomic E-state index is 9.76. The molecule has 1 atom stereocenters. The Hall–Kier alpha value is -0.0500. The Morgan fingerprint density at radius 1 is 1.73 bits per heavy atom. The molecule has 0 amide bonds. The van der Waals surface area contributed by atoms with Crippen molar-refractivity contribution in [2.24, 2.45) is 5.73 Å². The van der Waals surface area contributed by atoms with Gasteiger partial charge in [-0.2, -0.15) is 12.6 Å². The smallest absolute Gasteiger partial charge is 0.321 e. The van der Waals surface area contributed by atoms with Crippen LogP contribution in [0.25, 0.3) is 0 Å². The van der Waals surface area contributed by atoms with E-state index in [1.807, 2.05) is 0 Å². The molecule has 0 spiro atoms. The van der Waals surface area contributed by atoms with Gasteiger partial charge in [0.2, 0.25) is 0 Å². The van der Waals surface area contributed by atoms with Crippen LogP contribution in [0.1, 0.15) is 0 Å². The van der Waals surface area contributed by atoms with E-state index in [1.54, 1.807) is 0 Å². The number of thiol groups is 1. The van der Waals surface area contributed by atoms with Crippen LogP contribution < -0.4 is 15.1 Å². The molecule has 4 N–H and O–H groups in total. The third kappa shape index (κ3) is 17.8. The second-order valence-corrected chi connectivity index (χ2v) is 2.10. The van der Waals surface area contributed by atoms with Gasteiger partial charge in [0, 0.05) is 10.4 Å². The molecule has 68 valence electrons. The van der Waals surface area contributed by atoms with E-state index in [0.29, 0.717) is 0 Å². The normalized spacial score (nSPS) is 11.8. The third-order valence-electron chi connectivity index (χ3n) is 0.514. The fourth-order valence-corrected chi connectivity index (χ4v) is 0.234. The lowest BCUT2D eigenvalue weighted by molar-refractivity contribution is -1.63. The Kier molecular flexibility index (Phi) is 9.90.